The highest BCUT2D eigenvalue weighted by atomic mass is 32.2. The van der Waals surface area contributed by atoms with Crippen LogP contribution in [-0.4, -0.2) is 36.2 Å². The van der Waals surface area contributed by atoms with Gasteiger partial charge in [-0.2, -0.15) is 0 Å². The normalized spacial score (nSPS) is 19.0. The van der Waals surface area contributed by atoms with Gasteiger partial charge in [0.1, 0.15) is 17.4 Å². The van der Waals surface area contributed by atoms with Crippen LogP contribution in [0.4, 0.5) is 25.0 Å². The Morgan fingerprint density at radius 2 is 1.88 bits per heavy atom. The number of nitrogens with one attached hydrogen (secondary N) is 1. The topological polar surface area (TPSA) is 61.9 Å². The van der Waals surface area contributed by atoms with E-state index in [-0.39, 0.29) is 18.0 Å². The van der Waals surface area contributed by atoms with Gasteiger partial charge in [0, 0.05) is 35.2 Å². The van der Waals surface area contributed by atoms with Crippen molar-refractivity contribution in [2.24, 2.45) is 0 Å². The maximum atomic E-state index is 14.4. The molecule has 9 heteroatoms. The van der Waals surface area contributed by atoms with Crippen LogP contribution in [0.5, 0.6) is 5.75 Å². The summed E-state index contributed by atoms with van der Waals surface area (Å²) in [4.78, 5) is 29.0. The van der Waals surface area contributed by atoms with Gasteiger partial charge in [-0.1, -0.05) is 24.3 Å². The lowest BCUT2D eigenvalue weighted by Crippen LogP contribution is -2.51. The number of carbonyl (C=O) groups excluding carboxylic acids is 2. The lowest BCUT2D eigenvalue weighted by Gasteiger charge is -2.33. The number of amides is 3. The van der Waals surface area contributed by atoms with Gasteiger partial charge in [0.2, 0.25) is 0 Å². The quantitative estimate of drug-likeness (QED) is 0.573. The van der Waals surface area contributed by atoms with Crippen LogP contribution in [0.25, 0.3) is 0 Å². The van der Waals surface area contributed by atoms with E-state index in [1.807, 2.05) is 12.1 Å². The minimum atomic E-state index is -1.26. The molecule has 2 aliphatic heterocycles. The third-order valence-electron chi connectivity index (χ3n) is 6.03. The molecule has 0 aliphatic carbocycles. The standard InChI is InChI=1S/C25H21F2N3O3S/c1-33-19-10-8-18(9-11-19)28-24(32)30-12-13-34-25(30)20-4-2-3-5-22(20)29(23(25)31)15-16-6-7-17(26)14-21(16)27/h2-11,14H,12-13,15H2,1H3,(H,28,32)/t25-/m1/s1. The second kappa shape index (κ2) is 8.64. The Morgan fingerprint density at radius 3 is 2.62 bits per heavy atom. The number of benzene rings is 3. The first-order valence-corrected chi connectivity index (χ1v) is 11.6. The van der Waals surface area contributed by atoms with Crippen LogP contribution >= 0.6 is 11.8 Å². The zero-order valence-corrected chi connectivity index (χ0v) is 19.1. The van der Waals surface area contributed by atoms with E-state index in [1.54, 1.807) is 43.5 Å². The van der Waals surface area contributed by atoms with Gasteiger partial charge in [-0.25, -0.2) is 13.6 Å². The minimum Gasteiger partial charge on any atom is -0.497 e. The Bertz CT molecular complexity index is 1270. The number of thioether (sulfide) groups is 1. The van der Waals surface area contributed by atoms with Crippen LogP contribution in [0.2, 0.25) is 0 Å². The highest BCUT2D eigenvalue weighted by molar-refractivity contribution is 8.01. The number of hydrogen-bond acceptors (Lipinski definition) is 4. The van der Waals surface area contributed by atoms with Crippen molar-refractivity contribution in [3.8, 4) is 5.75 Å². The number of anilines is 2. The fourth-order valence-electron chi connectivity index (χ4n) is 4.41. The largest absolute Gasteiger partial charge is 0.497 e. The fraction of sp³-hybridized carbons (Fsp3) is 0.200. The molecule has 0 unspecified atom stereocenters. The number of fused-ring (bicyclic) bond motifs is 2. The van der Waals surface area contributed by atoms with Crippen LogP contribution < -0.4 is 15.0 Å². The average Bonchev–Trinajstić information content (AvgIpc) is 3.38. The highest BCUT2D eigenvalue weighted by Gasteiger charge is 2.59. The monoisotopic (exact) mass is 481 g/mol. The van der Waals surface area contributed by atoms with E-state index in [1.165, 1.54) is 33.7 Å². The molecule has 3 aromatic carbocycles. The maximum Gasteiger partial charge on any atom is 0.323 e. The number of methoxy groups -OCH3 is 1. The third kappa shape index (κ3) is 3.56. The molecule has 3 aromatic rings. The number of hydrogen-bond donors (Lipinski definition) is 1. The molecular formula is C25H21F2N3O3S. The first kappa shape index (κ1) is 22.2. The first-order chi connectivity index (χ1) is 16.4. The zero-order valence-electron chi connectivity index (χ0n) is 18.3. The summed E-state index contributed by atoms with van der Waals surface area (Å²) in [7, 11) is 1.56. The summed E-state index contributed by atoms with van der Waals surface area (Å²) in [5, 5.41) is 2.86. The minimum absolute atomic E-state index is 0.0712. The van der Waals surface area contributed by atoms with Crippen LogP contribution in [0, 0.1) is 11.6 Å². The van der Waals surface area contributed by atoms with E-state index in [9.17, 15) is 18.4 Å². The predicted molar refractivity (Wildman–Crippen MR) is 127 cm³/mol. The molecule has 2 heterocycles. The molecule has 0 radical (unpaired) electrons. The van der Waals surface area contributed by atoms with Gasteiger partial charge in [0.25, 0.3) is 5.91 Å². The van der Waals surface area contributed by atoms with Crippen molar-refractivity contribution in [1.82, 2.24) is 4.90 Å². The number of rotatable bonds is 4. The Morgan fingerprint density at radius 1 is 1.12 bits per heavy atom. The van der Waals surface area contributed by atoms with E-state index >= 15 is 0 Å². The Balaban J connectivity index is 1.48. The van der Waals surface area contributed by atoms with Crippen molar-refractivity contribution in [2.75, 3.05) is 29.6 Å². The van der Waals surface area contributed by atoms with E-state index in [0.717, 1.165) is 6.07 Å². The summed E-state index contributed by atoms with van der Waals surface area (Å²) < 4.78 is 33.0. The second-order valence-electron chi connectivity index (χ2n) is 7.95. The molecule has 1 spiro atoms. The fourth-order valence-corrected chi connectivity index (χ4v) is 5.87. The van der Waals surface area contributed by atoms with E-state index < -0.39 is 22.5 Å². The van der Waals surface area contributed by atoms with Crippen molar-refractivity contribution < 1.29 is 23.1 Å². The molecule has 5 rings (SSSR count). The molecule has 0 aromatic heterocycles. The van der Waals surface area contributed by atoms with Crippen LogP contribution in [0.3, 0.4) is 0 Å². The summed E-state index contributed by atoms with van der Waals surface area (Å²) in [5.41, 5.74) is 2.04. The summed E-state index contributed by atoms with van der Waals surface area (Å²) in [6.45, 7) is 0.295. The van der Waals surface area contributed by atoms with Crippen molar-refractivity contribution in [2.45, 2.75) is 11.4 Å². The number of para-hydroxylation sites is 1. The lowest BCUT2D eigenvalue weighted by atomic mass is 10.1. The molecule has 1 saturated heterocycles. The lowest BCUT2D eigenvalue weighted by molar-refractivity contribution is -0.123. The van der Waals surface area contributed by atoms with Crippen molar-refractivity contribution in [1.29, 1.82) is 0 Å². The smallest absolute Gasteiger partial charge is 0.323 e. The summed E-state index contributed by atoms with van der Waals surface area (Å²) in [6, 6.07) is 17.0. The van der Waals surface area contributed by atoms with Crippen molar-refractivity contribution in [3.05, 3.63) is 89.5 Å². The molecule has 6 nitrogen and oxygen atoms in total. The second-order valence-corrected chi connectivity index (χ2v) is 9.23. The molecule has 1 fully saturated rings. The van der Waals surface area contributed by atoms with Gasteiger partial charge in [0.15, 0.2) is 4.87 Å². The van der Waals surface area contributed by atoms with Gasteiger partial charge >= 0.3 is 6.03 Å². The summed E-state index contributed by atoms with van der Waals surface area (Å²) in [6.07, 6.45) is 0. The Labute approximate surface area is 199 Å². The van der Waals surface area contributed by atoms with Gasteiger partial charge in [-0.15, -0.1) is 11.8 Å². The average molecular weight is 482 g/mol. The third-order valence-corrected chi connectivity index (χ3v) is 7.45. The van der Waals surface area contributed by atoms with E-state index in [2.05, 4.69) is 5.32 Å². The number of ether oxygens (including phenoxy) is 1. The van der Waals surface area contributed by atoms with Crippen molar-refractivity contribution in [3.63, 3.8) is 0 Å². The molecular weight excluding hydrogens is 460 g/mol. The van der Waals surface area contributed by atoms with Gasteiger partial charge in [-0.3, -0.25) is 9.69 Å². The van der Waals surface area contributed by atoms with Gasteiger partial charge in [-0.05, 0) is 36.4 Å². The van der Waals surface area contributed by atoms with Crippen LogP contribution in [-0.2, 0) is 16.2 Å². The first-order valence-electron chi connectivity index (χ1n) is 10.7. The summed E-state index contributed by atoms with van der Waals surface area (Å²) in [5.74, 6) is -0.507. The van der Waals surface area contributed by atoms with Crippen molar-refractivity contribution >= 4 is 35.1 Å². The number of carbonyl (C=O) groups is 2. The number of halogens is 2. The SMILES string of the molecule is COc1ccc(NC(=O)N2CCS[C@]23C(=O)N(Cc2ccc(F)cc2F)c2ccccc23)cc1. The molecule has 2 aliphatic rings. The van der Waals surface area contributed by atoms with Gasteiger partial charge in [0.05, 0.1) is 19.3 Å². The van der Waals surface area contributed by atoms with E-state index in [4.69, 9.17) is 4.74 Å². The number of urea groups is 1. The molecule has 3 amide bonds. The van der Waals surface area contributed by atoms with Crippen LogP contribution in [0.1, 0.15) is 11.1 Å². The van der Waals surface area contributed by atoms with Gasteiger partial charge < -0.3 is 15.0 Å². The predicted octanol–water partition coefficient (Wildman–Crippen LogP) is 4.95. The number of nitrogens with zero attached hydrogens (tertiary/aromatic N) is 2. The molecule has 174 valence electrons. The molecule has 0 bridgehead atoms. The highest BCUT2D eigenvalue weighted by Crippen LogP contribution is 2.54. The molecule has 1 N–H and O–H groups in total. The Hall–Kier alpha value is -3.59. The van der Waals surface area contributed by atoms with Crippen LogP contribution in [0.15, 0.2) is 66.7 Å². The molecule has 1 atom stereocenters. The summed E-state index contributed by atoms with van der Waals surface area (Å²) >= 11 is 1.38. The zero-order chi connectivity index (χ0) is 23.9. The molecule has 34 heavy (non-hydrogen) atoms. The maximum absolute atomic E-state index is 14.4. The molecule has 0 saturated carbocycles. The van der Waals surface area contributed by atoms with E-state index in [0.29, 0.717) is 35.0 Å². The Kier molecular flexibility index (Phi) is 5.65.